The van der Waals surface area contributed by atoms with Crippen molar-refractivity contribution >= 4 is 46.5 Å². The number of nitrogens with one attached hydrogen (secondary N) is 1. The van der Waals surface area contributed by atoms with Gasteiger partial charge in [-0.05, 0) is 37.8 Å². The van der Waals surface area contributed by atoms with Gasteiger partial charge in [-0.1, -0.05) is 66.3 Å². The summed E-state index contributed by atoms with van der Waals surface area (Å²) in [6.45, 7) is 7.72. The number of hydrogen-bond donors (Lipinski definition) is 1. The van der Waals surface area contributed by atoms with E-state index in [4.69, 9.17) is 39.5 Å². The van der Waals surface area contributed by atoms with Crippen LogP contribution >= 0.6 is 34.8 Å². The molecule has 0 aromatic heterocycles. The first-order chi connectivity index (χ1) is 10.2. The number of hydrogen-bond acceptors (Lipinski definition) is 3. The fourth-order valence-electron chi connectivity index (χ4n) is 2.24. The highest BCUT2D eigenvalue weighted by atomic mass is 35.6. The van der Waals surface area contributed by atoms with Crippen molar-refractivity contribution in [3.63, 3.8) is 0 Å². The van der Waals surface area contributed by atoms with E-state index in [0.29, 0.717) is 0 Å². The summed E-state index contributed by atoms with van der Waals surface area (Å²) in [6, 6.07) is 3.73. The molecule has 3 nitrogen and oxygen atoms in total. The number of alkyl halides is 3. The number of ether oxygens (including phenoxy) is 1. The van der Waals surface area contributed by atoms with Gasteiger partial charge in [0.05, 0.1) is 0 Å². The van der Waals surface area contributed by atoms with Crippen LogP contribution in [0.4, 0.5) is 5.69 Å². The summed E-state index contributed by atoms with van der Waals surface area (Å²) >= 11 is 16.8. The van der Waals surface area contributed by atoms with Crippen LogP contribution in [0.5, 0.6) is 0 Å². The van der Waals surface area contributed by atoms with Crippen LogP contribution in [0.2, 0.25) is 0 Å². The largest absolute Gasteiger partial charge is 0.460 e. The van der Waals surface area contributed by atoms with Crippen molar-refractivity contribution in [3.05, 3.63) is 28.8 Å². The highest BCUT2D eigenvalue weighted by Gasteiger charge is 2.24. The smallest absolute Gasteiger partial charge is 0.328 e. The molecule has 0 amide bonds. The van der Waals surface area contributed by atoms with Gasteiger partial charge in [-0.25, -0.2) is 4.79 Å². The number of carbonyl (C=O) groups is 1. The van der Waals surface area contributed by atoms with Crippen molar-refractivity contribution in [2.45, 2.75) is 50.4 Å². The zero-order chi connectivity index (χ0) is 16.9. The lowest BCUT2D eigenvalue weighted by Crippen LogP contribution is -2.31. The molecule has 1 aromatic carbocycles. The van der Waals surface area contributed by atoms with Crippen LogP contribution in [0.15, 0.2) is 12.1 Å². The molecule has 1 N–H and O–H groups in total. The first-order valence-corrected chi connectivity index (χ1v) is 8.43. The summed E-state index contributed by atoms with van der Waals surface area (Å²) in [5.41, 5.74) is 4.57. The number of esters is 1. The molecule has 0 bridgehead atoms. The van der Waals surface area contributed by atoms with Crippen molar-refractivity contribution in [3.8, 4) is 0 Å². The summed E-state index contributed by atoms with van der Waals surface area (Å²) < 4.78 is 3.42. The third-order valence-corrected chi connectivity index (χ3v) is 3.63. The van der Waals surface area contributed by atoms with Gasteiger partial charge >= 0.3 is 5.97 Å². The molecule has 6 heteroatoms. The van der Waals surface area contributed by atoms with Gasteiger partial charge in [0.15, 0.2) is 0 Å². The second kappa shape index (κ2) is 8.28. The normalized spacial score (nSPS) is 12.9. The van der Waals surface area contributed by atoms with E-state index in [1.807, 2.05) is 0 Å². The van der Waals surface area contributed by atoms with E-state index < -0.39 is 15.8 Å². The Kier molecular flexibility index (Phi) is 7.30. The number of anilines is 1. The van der Waals surface area contributed by atoms with Crippen LogP contribution in [-0.2, 0) is 22.4 Å². The monoisotopic (exact) mass is 365 g/mol. The van der Waals surface area contributed by atoms with Gasteiger partial charge in [-0.15, -0.1) is 0 Å². The molecule has 0 aliphatic rings. The molecule has 0 saturated heterocycles. The summed E-state index contributed by atoms with van der Waals surface area (Å²) in [7, 11) is 0. The molecule has 0 spiro atoms. The van der Waals surface area contributed by atoms with Crippen molar-refractivity contribution < 1.29 is 9.53 Å². The average Bonchev–Trinajstić information content (AvgIpc) is 2.44. The van der Waals surface area contributed by atoms with E-state index in [1.165, 1.54) is 16.7 Å². The molecule has 1 aromatic rings. The van der Waals surface area contributed by atoms with Crippen molar-refractivity contribution in [1.82, 2.24) is 0 Å². The molecule has 0 saturated carbocycles. The molecule has 0 aliphatic heterocycles. The SMILES string of the molecule is CCc1cc(C)cc(CC)c1N[C@@H](C)C(=O)OCC(Cl)(Cl)Cl. The zero-order valence-electron chi connectivity index (χ0n) is 13.3. The van der Waals surface area contributed by atoms with Gasteiger partial charge in [-0.3, -0.25) is 0 Å². The molecule has 0 radical (unpaired) electrons. The maximum absolute atomic E-state index is 12.0. The molecule has 0 unspecified atom stereocenters. The maximum Gasteiger partial charge on any atom is 0.328 e. The second-order valence-electron chi connectivity index (χ2n) is 5.25. The quantitative estimate of drug-likeness (QED) is 0.578. The molecule has 1 rings (SSSR count). The average molecular weight is 367 g/mol. The van der Waals surface area contributed by atoms with Crippen molar-refractivity contribution in [1.29, 1.82) is 0 Å². The van der Waals surface area contributed by atoms with Gasteiger partial charge in [0.2, 0.25) is 3.79 Å². The Balaban J connectivity index is 2.87. The first kappa shape index (κ1) is 19.4. The van der Waals surface area contributed by atoms with Gasteiger partial charge in [0, 0.05) is 5.69 Å². The molecule has 0 aliphatic carbocycles. The van der Waals surface area contributed by atoms with Gasteiger partial charge in [0.1, 0.15) is 12.6 Å². The highest BCUT2D eigenvalue weighted by Crippen LogP contribution is 2.27. The number of halogens is 3. The van der Waals surface area contributed by atoms with Crippen LogP contribution in [0, 0.1) is 6.92 Å². The third kappa shape index (κ3) is 5.86. The second-order valence-corrected chi connectivity index (χ2v) is 7.77. The fraction of sp³-hybridized carbons (Fsp3) is 0.562. The lowest BCUT2D eigenvalue weighted by molar-refractivity contribution is -0.144. The maximum atomic E-state index is 12.0. The standard InChI is InChI=1S/C16H22Cl3NO2/c1-5-12-7-10(3)8-13(6-2)14(12)20-11(4)15(21)22-9-16(17,18)19/h7-8,11,20H,5-6,9H2,1-4H3/t11-/m0/s1. The third-order valence-electron chi connectivity index (χ3n) is 3.30. The van der Waals surface area contributed by atoms with E-state index in [-0.39, 0.29) is 6.61 Å². The summed E-state index contributed by atoms with van der Waals surface area (Å²) in [6.07, 6.45) is 1.76. The topological polar surface area (TPSA) is 38.3 Å². The molecule has 124 valence electrons. The van der Waals surface area contributed by atoms with E-state index in [0.717, 1.165) is 18.5 Å². The van der Waals surface area contributed by atoms with Crippen LogP contribution < -0.4 is 5.32 Å². The van der Waals surface area contributed by atoms with Gasteiger partial charge in [0.25, 0.3) is 0 Å². The van der Waals surface area contributed by atoms with Crippen LogP contribution in [0.1, 0.15) is 37.5 Å². The highest BCUT2D eigenvalue weighted by molar-refractivity contribution is 6.67. The van der Waals surface area contributed by atoms with E-state index in [2.05, 4.69) is 38.2 Å². The Morgan fingerprint density at radius 2 is 1.73 bits per heavy atom. The van der Waals surface area contributed by atoms with Gasteiger partial charge < -0.3 is 10.1 Å². The molecule has 1 atom stereocenters. The predicted molar refractivity (Wildman–Crippen MR) is 94.3 cm³/mol. The number of rotatable bonds is 6. The van der Waals surface area contributed by atoms with Crippen LogP contribution in [0.25, 0.3) is 0 Å². The zero-order valence-corrected chi connectivity index (χ0v) is 15.6. The Hall–Kier alpha value is -0.640. The minimum atomic E-state index is -1.59. The minimum absolute atomic E-state index is 0.266. The van der Waals surface area contributed by atoms with Crippen molar-refractivity contribution in [2.24, 2.45) is 0 Å². The molecule has 0 fully saturated rings. The Morgan fingerprint density at radius 1 is 1.23 bits per heavy atom. The van der Waals surface area contributed by atoms with E-state index >= 15 is 0 Å². The van der Waals surface area contributed by atoms with Crippen molar-refractivity contribution in [2.75, 3.05) is 11.9 Å². The lowest BCUT2D eigenvalue weighted by atomic mass is 9.99. The summed E-state index contributed by atoms with van der Waals surface area (Å²) in [5.74, 6) is -0.448. The van der Waals surface area contributed by atoms with Gasteiger partial charge in [-0.2, -0.15) is 0 Å². The summed E-state index contributed by atoms with van der Waals surface area (Å²) in [5, 5.41) is 3.24. The lowest BCUT2D eigenvalue weighted by Gasteiger charge is -2.21. The molecule has 0 heterocycles. The molecule has 22 heavy (non-hydrogen) atoms. The number of carbonyl (C=O) groups excluding carboxylic acids is 1. The number of aryl methyl sites for hydroxylation is 3. The summed E-state index contributed by atoms with van der Waals surface area (Å²) in [4.78, 5) is 12.0. The van der Waals surface area contributed by atoms with E-state index in [1.54, 1.807) is 6.92 Å². The Morgan fingerprint density at radius 3 is 2.14 bits per heavy atom. The first-order valence-electron chi connectivity index (χ1n) is 7.30. The molecular weight excluding hydrogens is 345 g/mol. The Bertz CT molecular complexity index is 502. The predicted octanol–water partition coefficient (Wildman–Crippen LogP) is 4.83. The van der Waals surface area contributed by atoms with Crippen LogP contribution in [-0.4, -0.2) is 22.4 Å². The molecular formula is C16H22Cl3NO2. The van der Waals surface area contributed by atoms with E-state index in [9.17, 15) is 4.79 Å². The fourth-order valence-corrected chi connectivity index (χ4v) is 2.40. The van der Waals surface area contributed by atoms with Crippen LogP contribution in [0.3, 0.4) is 0 Å². The minimum Gasteiger partial charge on any atom is -0.460 e. The Labute approximate surface area is 147 Å². The number of benzene rings is 1.